The van der Waals surface area contributed by atoms with Crippen LogP contribution in [-0.4, -0.2) is 17.6 Å². The van der Waals surface area contributed by atoms with Gasteiger partial charge in [-0.3, -0.25) is 4.79 Å². The summed E-state index contributed by atoms with van der Waals surface area (Å²) in [6, 6.07) is 8.09. The fourth-order valence-electron chi connectivity index (χ4n) is 2.39. The second-order valence-electron chi connectivity index (χ2n) is 4.96. The molecule has 0 fully saturated rings. The Morgan fingerprint density at radius 2 is 2.06 bits per heavy atom. The Morgan fingerprint density at radius 3 is 2.65 bits per heavy atom. The molecule has 2 rings (SSSR count). The molecule has 0 heterocycles. The highest BCUT2D eigenvalue weighted by Crippen LogP contribution is 2.39. The van der Waals surface area contributed by atoms with Crippen molar-refractivity contribution < 1.29 is 9.90 Å². The molecular formula is C14H19NO2. The van der Waals surface area contributed by atoms with Crippen molar-refractivity contribution in [3.63, 3.8) is 0 Å². The summed E-state index contributed by atoms with van der Waals surface area (Å²) in [5.74, 6) is 0.224. The van der Waals surface area contributed by atoms with Crippen LogP contribution in [0.25, 0.3) is 0 Å². The van der Waals surface area contributed by atoms with Crippen LogP contribution in [0.4, 0.5) is 0 Å². The molecule has 0 spiro atoms. The van der Waals surface area contributed by atoms with E-state index >= 15 is 0 Å². The molecule has 0 radical (unpaired) electrons. The molecule has 1 aromatic carbocycles. The van der Waals surface area contributed by atoms with Crippen molar-refractivity contribution in [3.8, 4) is 0 Å². The lowest BCUT2D eigenvalue weighted by Crippen LogP contribution is -2.30. The minimum absolute atomic E-state index is 0.00432. The first-order valence-electron chi connectivity index (χ1n) is 6.13. The van der Waals surface area contributed by atoms with Gasteiger partial charge >= 0.3 is 0 Å². The third-order valence-corrected chi connectivity index (χ3v) is 3.39. The zero-order valence-electron chi connectivity index (χ0n) is 10.3. The first-order valence-corrected chi connectivity index (χ1v) is 6.13. The van der Waals surface area contributed by atoms with E-state index in [2.05, 4.69) is 5.32 Å². The lowest BCUT2D eigenvalue weighted by Gasteiger charge is -2.16. The Bertz CT molecular complexity index is 414. The summed E-state index contributed by atoms with van der Waals surface area (Å²) in [4.78, 5) is 11.7. The van der Waals surface area contributed by atoms with Crippen molar-refractivity contribution in [2.45, 2.75) is 32.2 Å². The molecular weight excluding hydrogens is 214 g/mol. The van der Waals surface area contributed by atoms with Crippen LogP contribution >= 0.6 is 0 Å². The Balaban J connectivity index is 2.19. The lowest BCUT2D eigenvalue weighted by atomic mass is 10.0. The third kappa shape index (κ3) is 2.34. The molecule has 1 aliphatic rings. The SMILES string of the molecule is CC(C)C(=O)NC1CC(CO)c2ccccc21. The van der Waals surface area contributed by atoms with Gasteiger partial charge in [-0.15, -0.1) is 0 Å². The number of amides is 1. The molecule has 3 nitrogen and oxygen atoms in total. The fraction of sp³-hybridized carbons (Fsp3) is 0.500. The van der Waals surface area contributed by atoms with E-state index in [-0.39, 0.29) is 30.4 Å². The highest BCUT2D eigenvalue weighted by Gasteiger charge is 2.31. The molecule has 0 saturated carbocycles. The summed E-state index contributed by atoms with van der Waals surface area (Å²) < 4.78 is 0. The van der Waals surface area contributed by atoms with Crippen LogP contribution in [0.2, 0.25) is 0 Å². The fourth-order valence-corrected chi connectivity index (χ4v) is 2.39. The van der Waals surface area contributed by atoms with Gasteiger partial charge in [0, 0.05) is 11.8 Å². The second kappa shape index (κ2) is 4.88. The summed E-state index contributed by atoms with van der Waals surface area (Å²) in [6.45, 7) is 3.92. The molecule has 1 aromatic rings. The lowest BCUT2D eigenvalue weighted by molar-refractivity contribution is -0.124. The predicted octanol–water partition coefficient (Wildman–Crippen LogP) is 1.98. The molecule has 17 heavy (non-hydrogen) atoms. The average Bonchev–Trinajstić information content (AvgIpc) is 2.68. The maximum atomic E-state index is 11.7. The monoisotopic (exact) mass is 233 g/mol. The van der Waals surface area contributed by atoms with E-state index < -0.39 is 0 Å². The van der Waals surface area contributed by atoms with Crippen molar-refractivity contribution in [3.05, 3.63) is 35.4 Å². The number of rotatable bonds is 3. The van der Waals surface area contributed by atoms with Gasteiger partial charge in [0.05, 0.1) is 12.6 Å². The van der Waals surface area contributed by atoms with Gasteiger partial charge in [-0.05, 0) is 17.5 Å². The Morgan fingerprint density at radius 1 is 1.41 bits per heavy atom. The third-order valence-electron chi connectivity index (χ3n) is 3.39. The van der Waals surface area contributed by atoms with Crippen LogP contribution in [0.15, 0.2) is 24.3 Å². The zero-order valence-corrected chi connectivity index (χ0v) is 10.3. The van der Waals surface area contributed by atoms with Crippen molar-refractivity contribution in [2.75, 3.05) is 6.61 Å². The quantitative estimate of drug-likeness (QED) is 0.838. The van der Waals surface area contributed by atoms with Gasteiger partial charge in [-0.1, -0.05) is 38.1 Å². The number of nitrogens with one attached hydrogen (secondary N) is 1. The maximum Gasteiger partial charge on any atom is 0.223 e. The van der Waals surface area contributed by atoms with Crippen LogP contribution in [0.5, 0.6) is 0 Å². The normalized spacial score (nSPS) is 22.6. The van der Waals surface area contributed by atoms with E-state index in [1.54, 1.807) is 0 Å². The van der Waals surface area contributed by atoms with Gasteiger partial charge in [-0.2, -0.15) is 0 Å². The molecule has 0 saturated heterocycles. The van der Waals surface area contributed by atoms with Gasteiger partial charge in [0.15, 0.2) is 0 Å². The molecule has 2 unspecified atom stereocenters. The van der Waals surface area contributed by atoms with Gasteiger partial charge in [0.2, 0.25) is 5.91 Å². The average molecular weight is 233 g/mol. The molecule has 92 valence electrons. The van der Waals surface area contributed by atoms with Gasteiger partial charge in [-0.25, -0.2) is 0 Å². The number of aliphatic hydroxyl groups is 1. The van der Waals surface area contributed by atoms with E-state index in [0.29, 0.717) is 0 Å². The minimum Gasteiger partial charge on any atom is -0.396 e. The molecule has 3 heteroatoms. The van der Waals surface area contributed by atoms with E-state index in [1.165, 1.54) is 5.56 Å². The molecule has 0 aliphatic heterocycles. The number of carbonyl (C=O) groups excluding carboxylic acids is 1. The first-order chi connectivity index (χ1) is 8.13. The van der Waals surface area contributed by atoms with Crippen LogP contribution in [-0.2, 0) is 4.79 Å². The van der Waals surface area contributed by atoms with Crippen LogP contribution in [0, 0.1) is 5.92 Å². The number of hydrogen-bond acceptors (Lipinski definition) is 2. The second-order valence-corrected chi connectivity index (χ2v) is 4.96. The highest BCUT2D eigenvalue weighted by atomic mass is 16.3. The first kappa shape index (κ1) is 12.1. The standard InChI is InChI=1S/C14H19NO2/c1-9(2)14(17)15-13-7-10(8-16)11-5-3-4-6-12(11)13/h3-6,9-10,13,16H,7-8H2,1-2H3,(H,15,17). The minimum atomic E-state index is -0.00432. The Labute approximate surface area is 102 Å². The van der Waals surface area contributed by atoms with Crippen LogP contribution in [0.1, 0.15) is 43.4 Å². The largest absolute Gasteiger partial charge is 0.396 e. The van der Waals surface area contributed by atoms with E-state index in [1.807, 2.05) is 38.1 Å². The summed E-state index contributed by atoms with van der Waals surface area (Å²) in [6.07, 6.45) is 0.800. The van der Waals surface area contributed by atoms with Crippen LogP contribution < -0.4 is 5.32 Å². The molecule has 0 bridgehead atoms. The predicted molar refractivity (Wildman–Crippen MR) is 66.6 cm³/mol. The van der Waals surface area contributed by atoms with Crippen LogP contribution in [0.3, 0.4) is 0 Å². The zero-order chi connectivity index (χ0) is 12.4. The van der Waals surface area contributed by atoms with Crippen molar-refractivity contribution >= 4 is 5.91 Å². The number of aliphatic hydroxyl groups excluding tert-OH is 1. The summed E-state index contributed by atoms with van der Waals surface area (Å²) in [5.41, 5.74) is 2.32. The Kier molecular flexibility index (Phi) is 3.48. The van der Waals surface area contributed by atoms with E-state index in [4.69, 9.17) is 0 Å². The summed E-state index contributed by atoms with van der Waals surface area (Å²) >= 11 is 0. The van der Waals surface area contributed by atoms with Gasteiger partial charge < -0.3 is 10.4 Å². The smallest absolute Gasteiger partial charge is 0.223 e. The number of carbonyl (C=O) groups is 1. The maximum absolute atomic E-state index is 11.7. The molecule has 2 N–H and O–H groups in total. The number of fused-ring (bicyclic) bond motifs is 1. The van der Waals surface area contributed by atoms with Crippen molar-refractivity contribution in [2.24, 2.45) is 5.92 Å². The molecule has 1 amide bonds. The van der Waals surface area contributed by atoms with Crippen molar-refractivity contribution in [1.29, 1.82) is 0 Å². The number of benzene rings is 1. The Hall–Kier alpha value is -1.35. The topological polar surface area (TPSA) is 49.3 Å². The van der Waals surface area contributed by atoms with E-state index in [9.17, 15) is 9.90 Å². The molecule has 0 aromatic heterocycles. The van der Waals surface area contributed by atoms with Gasteiger partial charge in [0.25, 0.3) is 0 Å². The summed E-state index contributed by atoms with van der Waals surface area (Å²) in [5, 5.41) is 12.4. The highest BCUT2D eigenvalue weighted by molar-refractivity contribution is 5.78. The van der Waals surface area contributed by atoms with Gasteiger partial charge in [0.1, 0.15) is 0 Å². The number of hydrogen-bond donors (Lipinski definition) is 2. The molecule has 1 aliphatic carbocycles. The van der Waals surface area contributed by atoms with Crippen molar-refractivity contribution in [1.82, 2.24) is 5.32 Å². The molecule has 2 atom stereocenters. The summed E-state index contributed by atoms with van der Waals surface area (Å²) in [7, 11) is 0. The van der Waals surface area contributed by atoms with E-state index in [0.717, 1.165) is 12.0 Å².